The number of aliphatic imine (C=N–C) groups is 1. The SMILES string of the molecule is CC(=NCC(=O)c1ccc(CC(=O)CCCCCN2C(=O)C=CC2=O)cc1S(=O)(=O)O)c1ccc(SCC(=O)O[C@H]2CC(=O)N(C)c3cc(cc(CO)c3Cl)C/C(C)=C/C=C/[C@@H](CO)[C@@]3(O)C[C@H](OC(=O)N3)[C@@H](C)[C@@H]3O[C@@]23C)c(C)c1. The number of aliphatic hydroxyl groups excluding tert-OH is 2. The van der Waals surface area contributed by atoms with Crippen molar-refractivity contribution in [3.63, 3.8) is 0 Å². The molecule has 2 saturated heterocycles. The largest absolute Gasteiger partial charge is 0.458 e. The van der Waals surface area contributed by atoms with Crippen molar-refractivity contribution in [3.8, 4) is 0 Å². The first kappa shape index (κ1) is 62.2. The fourth-order valence-electron chi connectivity index (χ4n) is 10.3. The number of carbonyl (C=O) groups excluding carboxylic acids is 7. The van der Waals surface area contributed by atoms with Gasteiger partial charge in [-0.15, -0.1) is 11.8 Å². The summed E-state index contributed by atoms with van der Waals surface area (Å²) in [6, 6.07) is 12.5. The molecule has 0 unspecified atom stereocenters. The van der Waals surface area contributed by atoms with Gasteiger partial charge in [0, 0.05) is 73.0 Å². The van der Waals surface area contributed by atoms with Crippen LogP contribution in [0.25, 0.3) is 0 Å². The van der Waals surface area contributed by atoms with Gasteiger partial charge in [-0.2, -0.15) is 8.42 Å². The molecule has 4 bridgehead atoms. The highest BCUT2D eigenvalue weighted by atomic mass is 35.5. The number of carbonyl (C=O) groups is 7. The summed E-state index contributed by atoms with van der Waals surface area (Å²) in [6.45, 7) is 7.60. The standard InChI is InChI=1S/C58H67ClN4O16S2/c1-33-11-10-12-41(31-65)58(73)28-46(77-56(72)61-58)35(3)55-57(5,79-55)49(27-52(70)62(6)44-25-38(21-33)23-40(30-64)54(44)59)78-53(71)32-80-47-17-15-39(22-34(47)2)36(4)60-29-45(67)43-16-14-37(26-48(43)81(74,75)76)24-42(66)13-8-7-9-20-63-50(68)18-19-51(63)69/h10-12,14-19,22-23,25-26,35,41,46,49,55,64-65,73H,7-9,13,20-21,24,27-32H2,1-6H3,(H,61,72)(H,74,75,76)/b12-10+,33-11+,60-36?/t35-,41+,46+,49+,55+,57+,58+/m1/s1. The lowest BCUT2D eigenvalue weighted by atomic mass is 9.81. The lowest BCUT2D eigenvalue weighted by Gasteiger charge is -2.42. The zero-order valence-corrected chi connectivity index (χ0v) is 48.2. The summed E-state index contributed by atoms with van der Waals surface area (Å²) in [5.41, 5.74) is 0.808. The maximum Gasteiger partial charge on any atom is 0.409 e. The molecule has 2 fully saturated rings. The Morgan fingerprint density at radius 1 is 1.00 bits per heavy atom. The molecule has 0 radical (unpaired) electrons. The molecule has 0 saturated carbocycles. The maximum atomic E-state index is 14.3. The van der Waals surface area contributed by atoms with Gasteiger partial charge in [-0.1, -0.05) is 66.9 Å². The third-order valence-corrected chi connectivity index (χ3v) is 17.6. The molecular weight excluding hydrogens is 1110 g/mol. The monoisotopic (exact) mass is 1170 g/mol. The van der Waals surface area contributed by atoms with Gasteiger partial charge in [-0.05, 0) is 105 Å². The van der Waals surface area contributed by atoms with Crippen molar-refractivity contribution in [3.05, 3.63) is 123 Å². The molecule has 0 aromatic heterocycles. The second-order valence-corrected chi connectivity index (χ2v) is 23.9. The molecule has 4 aliphatic rings. The van der Waals surface area contributed by atoms with E-state index in [4.69, 9.17) is 25.8 Å². The van der Waals surface area contributed by atoms with Crippen molar-refractivity contribution < 1.29 is 76.1 Å². The van der Waals surface area contributed by atoms with E-state index >= 15 is 0 Å². The summed E-state index contributed by atoms with van der Waals surface area (Å²) in [4.78, 5) is 97.9. The quantitative estimate of drug-likeness (QED) is 0.0127. The Morgan fingerprint density at radius 3 is 2.41 bits per heavy atom. The molecule has 5 N–H and O–H groups in total. The van der Waals surface area contributed by atoms with Gasteiger partial charge in [-0.3, -0.25) is 48.5 Å². The van der Waals surface area contributed by atoms with E-state index < -0.39 is 100.0 Å². The number of allylic oxidation sites excluding steroid dienone is 3. The second-order valence-electron chi connectivity index (χ2n) is 21.1. The number of aliphatic hydroxyl groups is 3. The number of epoxide rings is 1. The highest BCUT2D eigenvalue weighted by Gasteiger charge is 2.64. The number of nitrogens with one attached hydrogen (secondary N) is 1. The Kier molecular flexibility index (Phi) is 20.2. The van der Waals surface area contributed by atoms with Crippen molar-refractivity contribution >= 4 is 86.2 Å². The van der Waals surface area contributed by atoms with Crippen LogP contribution in [0.5, 0.6) is 0 Å². The molecular formula is C58H67ClN4O16S2. The van der Waals surface area contributed by atoms with E-state index in [2.05, 4.69) is 10.3 Å². The number of thioether (sulfide) groups is 1. The number of esters is 1. The number of unbranched alkanes of at least 4 members (excludes halogenated alkanes) is 2. The average Bonchev–Trinajstić information content (AvgIpc) is 2.57. The zero-order chi connectivity index (χ0) is 59.1. The fraction of sp³-hybridized carbons (Fsp3) is 0.448. The topological polar surface area (TPSA) is 296 Å². The van der Waals surface area contributed by atoms with E-state index in [-0.39, 0.29) is 71.7 Å². The third-order valence-electron chi connectivity index (χ3n) is 15.1. The molecule has 81 heavy (non-hydrogen) atoms. The van der Waals surface area contributed by atoms with E-state index in [9.17, 15) is 61.9 Å². The number of ketones is 2. The van der Waals surface area contributed by atoms with Gasteiger partial charge >= 0.3 is 12.1 Å². The van der Waals surface area contributed by atoms with Crippen molar-refractivity contribution in [1.82, 2.24) is 10.2 Å². The summed E-state index contributed by atoms with van der Waals surface area (Å²) in [5, 5.41) is 35.1. The number of imide groups is 1. The Balaban J connectivity index is 1.01. The van der Waals surface area contributed by atoms with E-state index in [1.165, 1.54) is 36.2 Å². The van der Waals surface area contributed by atoms with Gasteiger partial charge in [-0.25, -0.2) is 4.79 Å². The molecule has 20 nitrogen and oxygen atoms in total. The number of amides is 4. The van der Waals surface area contributed by atoms with Gasteiger partial charge in [0.1, 0.15) is 35.0 Å². The Bertz CT molecular complexity index is 3220. The minimum absolute atomic E-state index is 0.134. The van der Waals surface area contributed by atoms with Crippen LogP contribution in [0.1, 0.15) is 104 Å². The van der Waals surface area contributed by atoms with Gasteiger partial charge in [0.05, 0.1) is 42.2 Å². The predicted octanol–water partition coefficient (Wildman–Crippen LogP) is 6.38. The van der Waals surface area contributed by atoms with E-state index in [0.29, 0.717) is 53.1 Å². The number of rotatable bonds is 19. The van der Waals surface area contributed by atoms with Gasteiger partial charge in [0.2, 0.25) is 5.91 Å². The predicted molar refractivity (Wildman–Crippen MR) is 300 cm³/mol. The van der Waals surface area contributed by atoms with Crippen LogP contribution in [0.3, 0.4) is 0 Å². The number of anilines is 1. The minimum atomic E-state index is -4.90. The highest BCUT2D eigenvalue weighted by molar-refractivity contribution is 8.00. The number of nitrogens with zero attached hydrogens (tertiary/aromatic N) is 3. The normalized spacial score (nSPS) is 25.4. The van der Waals surface area contributed by atoms with Crippen LogP contribution in [-0.4, -0.2) is 142 Å². The Labute approximate surface area is 479 Å². The van der Waals surface area contributed by atoms with Crippen LogP contribution >= 0.6 is 23.4 Å². The number of hydrogen-bond acceptors (Lipinski definition) is 17. The molecule has 4 amide bonds. The number of alkyl carbamates (subject to hydrolysis) is 1. The zero-order valence-electron chi connectivity index (χ0n) is 45.8. The molecule has 3 aromatic rings. The van der Waals surface area contributed by atoms with Gasteiger partial charge in [0.15, 0.2) is 11.5 Å². The van der Waals surface area contributed by atoms with E-state index in [1.54, 1.807) is 76.3 Å². The Morgan fingerprint density at radius 2 is 1.73 bits per heavy atom. The van der Waals surface area contributed by atoms with Crippen LogP contribution in [0.2, 0.25) is 5.02 Å². The number of benzene rings is 3. The van der Waals surface area contributed by atoms with Crippen molar-refractivity contribution in [1.29, 1.82) is 0 Å². The molecule has 7 rings (SSSR count). The van der Waals surface area contributed by atoms with Crippen LogP contribution in [-0.2, 0) is 67.7 Å². The number of hydrogen-bond donors (Lipinski definition) is 5. The maximum absolute atomic E-state index is 14.3. The second kappa shape index (κ2) is 26.3. The fourth-order valence-corrected chi connectivity index (χ4v) is 12.1. The van der Waals surface area contributed by atoms with Crippen LogP contribution in [0.15, 0.2) is 99.3 Å². The van der Waals surface area contributed by atoms with Crippen molar-refractivity contribution in [2.45, 2.75) is 132 Å². The average molecular weight is 1180 g/mol. The summed E-state index contributed by atoms with van der Waals surface area (Å²) in [6.07, 6.45) is 5.13. The van der Waals surface area contributed by atoms with Crippen LogP contribution < -0.4 is 10.2 Å². The molecule has 434 valence electrons. The number of Topliss-reactive ketones (excluding diaryl/α,β-unsaturated/α-hetero) is 2. The van der Waals surface area contributed by atoms with E-state index in [0.717, 1.165) is 39.4 Å². The molecule has 7 atom stereocenters. The Hall–Kier alpha value is -6.37. The first-order chi connectivity index (χ1) is 38.2. The third kappa shape index (κ3) is 15.2. The van der Waals surface area contributed by atoms with Gasteiger partial charge in [0.25, 0.3) is 21.9 Å². The number of halogens is 1. The molecule has 0 spiro atoms. The smallest absolute Gasteiger partial charge is 0.409 e. The first-order valence-corrected chi connectivity index (χ1v) is 29.2. The molecule has 0 aliphatic carbocycles. The van der Waals surface area contributed by atoms with Crippen LogP contribution in [0.4, 0.5) is 10.5 Å². The number of fused-ring (bicyclic) bond motifs is 5. The lowest BCUT2D eigenvalue weighted by molar-refractivity contribution is -0.150. The lowest BCUT2D eigenvalue weighted by Crippen LogP contribution is -2.62. The number of aryl methyl sites for hydroxylation is 1. The highest BCUT2D eigenvalue weighted by Crippen LogP contribution is 2.49. The minimum Gasteiger partial charge on any atom is -0.458 e. The molecule has 4 aliphatic heterocycles. The summed E-state index contributed by atoms with van der Waals surface area (Å²) in [7, 11) is -3.37. The molecule has 3 aromatic carbocycles. The van der Waals surface area contributed by atoms with E-state index in [1.807, 2.05) is 6.92 Å². The molecule has 4 heterocycles. The molecule has 23 heteroatoms. The van der Waals surface area contributed by atoms with Crippen LogP contribution in [0, 0.1) is 18.8 Å². The van der Waals surface area contributed by atoms with Gasteiger partial charge < -0.3 is 34.4 Å². The van der Waals surface area contributed by atoms with Crippen molar-refractivity contribution in [2.75, 3.05) is 37.4 Å². The number of ether oxygens (including phenoxy) is 3. The summed E-state index contributed by atoms with van der Waals surface area (Å²) < 4.78 is 53.2. The summed E-state index contributed by atoms with van der Waals surface area (Å²) in [5.74, 6) is -4.61. The first-order valence-electron chi connectivity index (χ1n) is 26.4. The van der Waals surface area contributed by atoms with Crippen molar-refractivity contribution in [2.24, 2.45) is 16.8 Å². The summed E-state index contributed by atoms with van der Waals surface area (Å²) >= 11 is 7.95.